The Hall–Kier alpha value is -1.78. The van der Waals surface area contributed by atoms with Crippen LogP contribution in [0.15, 0.2) is 35.0 Å². The highest BCUT2D eigenvalue weighted by Gasteiger charge is 2.12. The fourth-order valence-electron chi connectivity index (χ4n) is 2.23. The summed E-state index contributed by atoms with van der Waals surface area (Å²) in [5, 5.41) is 5.33. The number of hydrogen-bond acceptors (Lipinski definition) is 3. The van der Waals surface area contributed by atoms with E-state index in [9.17, 15) is 0 Å². The molecule has 20 heavy (non-hydrogen) atoms. The van der Waals surface area contributed by atoms with Crippen LogP contribution in [0.5, 0.6) is 0 Å². The predicted octanol–water partition coefficient (Wildman–Crippen LogP) is 3.97. The van der Waals surface area contributed by atoms with Gasteiger partial charge in [-0.05, 0) is 31.5 Å². The van der Waals surface area contributed by atoms with E-state index in [1.54, 1.807) is 6.20 Å². The summed E-state index contributed by atoms with van der Waals surface area (Å²) in [5.74, 6) is 1.54. The molecule has 0 radical (unpaired) electrons. The van der Waals surface area contributed by atoms with E-state index >= 15 is 0 Å². The van der Waals surface area contributed by atoms with Crippen LogP contribution in [0.1, 0.15) is 30.2 Å². The van der Waals surface area contributed by atoms with E-state index < -0.39 is 0 Å². The monoisotopic (exact) mass is 289 g/mol. The summed E-state index contributed by atoms with van der Waals surface area (Å²) in [6.45, 7) is 4.67. The van der Waals surface area contributed by atoms with Crippen molar-refractivity contribution >= 4 is 22.5 Å². The average Bonchev–Trinajstić information content (AvgIpc) is 3.02. The Labute approximate surface area is 122 Å². The highest BCUT2D eigenvalue weighted by molar-refractivity contribution is 6.31. The number of nitrogens with zero attached hydrogens (tertiary/aromatic N) is 1. The number of aromatic amines is 1. The molecule has 2 aromatic heterocycles. The molecule has 0 aliphatic heterocycles. The van der Waals surface area contributed by atoms with Crippen molar-refractivity contribution in [3.8, 4) is 0 Å². The van der Waals surface area contributed by atoms with Crippen LogP contribution in [0.3, 0.4) is 0 Å². The zero-order chi connectivity index (χ0) is 14.1. The van der Waals surface area contributed by atoms with Gasteiger partial charge in [0.25, 0.3) is 0 Å². The molecule has 0 bridgehead atoms. The molecule has 5 heteroatoms. The number of hydrogen-bond donors (Lipinski definition) is 2. The third kappa shape index (κ3) is 2.57. The van der Waals surface area contributed by atoms with Crippen LogP contribution in [-0.2, 0) is 6.54 Å². The van der Waals surface area contributed by atoms with Crippen molar-refractivity contribution in [2.75, 3.05) is 0 Å². The minimum absolute atomic E-state index is 0.0703. The van der Waals surface area contributed by atoms with Crippen molar-refractivity contribution < 1.29 is 4.42 Å². The predicted molar refractivity (Wildman–Crippen MR) is 79.8 cm³/mol. The third-order valence-electron chi connectivity index (χ3n) is 3.34. The Balaban J connectivity index is 1.74. The minimum Gasteiger partial charge on any atom is -0.444 e. The lowest BCUT2D eigenvalue weighted by Gasteiger charge is -2.09. The minimum atomic E-state index is 0.0703. The summed E-state index contributed by atoms with van der Waals surface area (Å²) in [4.78, 5) is 7.47. The number of benzene rings is 1. The van der Waals surface area contributed by atoms with Gasteiger partial charge in [-0.2, -0.15) is 0 Å². The maximum Gasteiger partial charge on any atom is 0.211 e. The average molecular weight is 290 g/mol. The summed E-state index contributed by atoms with van der Waals surface area (Å²) >= 11 is 5.98. The van der Waals surface area contributed by atoms with E-state index in [1.165, 1.54) is 10.9 Å². The lowest BCUT2D eigenvalue weighted by molar-refractivity contribution is 0.402. The molecule has 2 N–H and O–H groups in total. The maximum atomic E-state index is 5.98. The molecule has 3 aromatic rings. The summed E-state index contributed by atoms with van der Waals surface area (Å²) in [6.07, 6.45) is 3.74. The Bertz CT molecular complexity index is 732. The molecule has 0 fully saturated rings. The molecule has 0 saturated carbocycles. The molecule has 1 aromatic carbocycles. The van der Waals surface area contributed by atoms with Crippen molar-refractivity contribution in [3.63, 3.8) is 0 Å². The summed E-state index contributed by atoms with van der Waals surface area (Å²) < 4.78 is 5.52. The molecule has 2 heterocycles. The van der Waals surface area contributed by atoms with Gasteiger partial charge >= 0.3 is 0 Å². The van der Waals surface area contributed by atoms with E-state index in [1.807, 2.05) is 38.2 Å². The van der Waals surface area contributed by atoms with Crippen LogP contribution < -0.4 is 5.32 Å². The van der Waals surface area contributed by atoms with Gasteiger partial charge in [-0.1, -0.05) is 17.7 Å². The van der Waals surface area contributed by atoms with Crippen LogP contribution in [0.2, 0.25) is 5.02 Å². The second-order valence-corrected chi connectivity index (χ2v) is 5.35. The first-order valence-corrected chi connectivity index (χ1v) is 6.92. The number of aryl methyl sites for hydroxylation is 1. The van der Waals surface area contributed by atoms with E-state index in [0.29, 0.717) is 5.89 Å². The largest absolute Gasteiger partial charge is 0.444 e. The Morgan fingerprint density at radius 1 is 1.45 bits per heavy atom. The van der Waals surface area contributed by atoms with Crippen LogP contribution in [0.4, 0.5) is 0 Å². The van der Waals surface area contributed by atoms with Gasteiger partial charge in [0.2, 0.25) is 5.89 Å². The van der Waals surface area contributed by atoms with Crippen LogP contribution in [0, 0.1) is 6.92 Å². The third-order valence-corrected chi connectivity index (χ3v) is 3.57. The van der Waals surface area contributed by atoms with E-state index in [2.05, 4.69) is 15.3 Å². The molecular formula is C15H16ClN3O. The molecule has 0 aliphatic carbocycles. The molecular weight excluding hydrogens is 274 g/mol. The fourth-order valence-corrected chi connectivity index (χ4v) is 2.40. The Morgan fingerprint density at radius 3 is 3.05 bits per heavy atom. The fraction of sp³-hybridized carbons (Fsp3) is 0.267. The summed E-state index contributed by atoms with van der Waals surface area (Å²) in [6, 6.07) is 5.94. The quantitative estimate of drug-likeness (QED) is 0.764. The number of aromatic nitrogens is 2. The smallest absolute Gasteiger partial charge is 0.211 e. The SMILES string of the molecule is Cc1cnc(C(C)NCc2c[nH]c3cc(Cl)ccc23)o1. The number of oxazole rings is 1. The number of rotatable bonds is 4. The Kier molecular flexibility index (Phi) is 3.51. The molecule has 0 amide bonds. The first-order valence-electron chi connectivity index (χ1n) is 6.54. The summed E-state index contributed by atoms with van der Waals surface area (Å²) in [5.41, 5.74) is 2.25. The lowest BCUT2D eigenvalue weighted by atomic mass is 10.1. The van der Waals surface area contributed by atoms with Crippen LogP contribution in [0.25, 0.3) is 10.9 Å². The normalized spacial score (nSPS) is 12.9. The first kappa shape index (κ1) is 13.2. The van der Waals surface area contributed by atoms with Crippen LogP contribution >= 0.6 is 11.6 Å². The first-order chi connectivity index (χ1) is 9.63. The second kappa shape index (κ2) is 5.31. The highest BCUT2D eigenvalue weighted by Crippen LogP contribution is 2.22. The number of halogens is 1. The second-order valence-electron chi connectivity index (χ2n) is 4.92. The van der Waals surface area contributed by atoms with E-state index in [-0.39, 0.29) is 6.04 Å². The van der Waals surface area contributed by atoms with Gasteiger partial charge in [0.15, 0.2) is 0 Å². The maximum absolute atomic E-state index is 5.98. The molecule has 1 atom stereocenters. The van der Waals surface area contributed by atoms with Crippen molar-refractivity contribution in [1.29, 1.82) is 0 Å². The summed E-state index contributed by atoms with van der Waals surface area (Å²) in [7, 11) is 0. The van der Waals surface area contributed by atoms with Crippen molar-refractivity contribution in [2.24, 2.45) is 0 Å². The van der Waals surface area contributed by atoms with Gasteiger partial charge in [-0.25, -0.2) is 4.98 Å². The highest BCUT2D eigenvalue weighted by atomic mass is 35.5. The van der Waals surface area contributed by atoms with Gasteiger partial charge in [-0.15, -0.1) is 0 Å². The van der Waals surface area contributed by atoms with Gasteiger partial charge in [-0.3, -0.25) is 0 Å². The molecule has 0 saturated heterocycles. The van der Waals surface area contributed by atoms with Gasteiger partial charge in [0.1, 0.15) is 5.76 Å². The zero-order valence-electron chi connectivity index (χ0n) is 11.4. The van der Waals surface area contributed by atoms with Crippen molar-refractivity contribution in [3.05, 3.63) is 52.8 Å². The van der Waals surface area contributed by atoms with Gasteiger partial charge < -0.3 is 14.7 Å². The van der Waals surface area contributed by atoms with Gasteiger partial charge in [0, 0.05) is 28.7 Å². The topological polar surface area (TPSA) is 53.9 Å². The number of nitrogens with one attached hydrogen (secondary N) is 2. The lowest BCUT2D eigenvalue weighted by Crippen LogP contribution is -2.18. The van der Waals surface area contributed by atoms with Crippen molar-refractivity contribution in [1.82, 2.24) is 15.3 Å². The molecule has 4 nitrogen and oxygen atoms in total. The number of H-pyrrole nitrogens is 1. The van der Waals surface area contributed by atoms with Gasteiger partial charge in [0.05, 0.1) is 12.2 Å². The number of fused-ring (bicyclic) bond motifs is 1. The molecule has 3 rings (SSSR count). The molecule has 1 unspecified atom stereocenters. The molecule has 0 aliphatic rings. The standard InChI is InChI=1S/C15H16ClN3O/c1-9-6-19-15(20-9)10(2)17-7-11-8-18-14-5-12(16)3-4-13(11)14/h3-6,8,10,17-18H,7H2,1-2H3. The van der Waals surface area contributed by atoms with Crippen LogP contribution in [-0.4, -0.2) is 9.97 Å². The van der Waals surface area contributed by atoms with E-state index in [4.69, 9.17) is 16.0 Å². The zero-order valence-corrected chi connectivity index (χ0v) is 12.2. The van der Waals surface area contributed by atoms with E-state index in [0.717, 1.165) is 22.8 Å². The van der Waals surface area contributed by atoms with Crippen molar-refractivity contribution in [2.45, 2.75) is 26.4 Å². The molecule has 104 valence electrons. The Morgan fingerprint density at radius 2 is 2.30 bits per heavy atom. The molecule has 0 spiro atoms.